The average Bonchev–Trinajstić information content (AvgIpc) is 3.06. The number of amides is 1. The van der Waals surface area contributed by atoms with Crippen LogP contribution in [0.4, 0.5) is 0 Å². The molecular formula is C18H17ClN4O4. The zero-order chi connectivity index (χ0) is 19.6. The lowest BCUT2D eigenvalue weighted by Crippen LogP contribution is -2.25. The van der Waals surface area contributed by atoms with Gasteiger partial charge in [0.25, 0.3) is 5.56 Å². The summed E-state index contributed by atoms with van der Waals surface area (Å²) >= 11 is 5.83. The second kappa shape index (κ2) is 7.73. The molecule has 2 aromatic heterocycles. The van der Waals surface area contributed by atoms with Crippen molar-refractivity contribution in [2.45, 2.75) is 26.0 Å². The maximum atomic E-state index is 12.2. The van der Waals surface area contributed by atoms with Crippen LogP contribution in [-0.2, 0) is 13.0 Å². The highest BCUT2D eigenvalue weighted by atomic mass is 35.5. The van der Waals surface area contributed by atoms with E-state index in [1.165, 1.54) is 16.8 Å². The van der Waals surface area contributed by atoms with Gasteiger partial charge in [0.15, 0.2) is 5.82 Å². The van der Waals surface area contributed by atoms with E-state index in [1.54, 1.807) is 31.2 Å². The first kappa shape index (κ1) is 18.8. The fourth-order valence-electron chi connectivity index (χ4n) is 2.60. The molecule has 0 aliphatic heterocycles. The third-order valence-corrected chi connectivity index (χ3v) is 4.25. The first-order chi connectivity index (χ1) is 12.8. The Morgan fingerprint density at radius 1 is 1.37 bits per heavy atom. The largest absolute Gasteiger partial charge is 0.388 e. The number of rotatable bonds is 6. The summed E-state index contributed by atoms with van der Waals surface area (Å²) in [6.45, 7) is 1.58. The first-order valence-corrected chi connectivity index (χ1v) is 8.47. The Labute approximate surface area is 159 Å². The van der Waals surface area contributed by atoms with Crippen molar-refractivity contribution in [2.75, 3.05) is 0 Å². The highest BCUT2D eigenvalue weighted by Gasteiger charge is 2.15. The molecule has 1 atom stereocenters. The monoisotopic (exact) mass is 388 g/mol. The number of carbonyl (C=O) groups is 1. The third-order valence-electron chi connectivity index (χ3n) is 4.00. The third kappa shape index (κ3) is 4.42. The minimum Gasteiger partial charge on any atom is -0.388 e. The fourth-order valence-corrected chi connectivity index (χ4v) is 2.72. The van der Waals surface area contributed by atoms with Gasteiger partial charge in [-0.15, -0.1) is 0 Å². The molecule has 0 aliphatic carbocycles. The summed E-state index contributed by atoms with van der Waals surface area (Å²) in [6.07, 6.45) is 0.667. The number of aliphatic hydroxyl groups is 1. The number of carbonyl (C=O) groups excluding carboxylic acids is 1. The van der Waals surface area contributed by atoms with E-state index < -0.39 is 12.0 Å². The van der Waals surface area contributed by atoms with Crippen LogP contribution in [0.2, 0.25) is 5.02 Å². The highest BCUT2D eigenvalue weighted by molar-refractivity contribution is 6.30. The molecule has 0 saturated carbocycles. The molecule has 3 N–H and O–H groups in total. The Bertz CT molecular complexity index is 1030. The van der Waals surface area contributed by atoms with Crippen molar-refractivity contribution in [2.24, 2.45) is 5.73 Å². The summed E-state index contributed by atoms with van der Waals surface area (Å²) in [6, 6.07) is 8.23. The van der Waals surface area contributed by atoms with E-state index >= 15 is 0 Å². The molecule has 140 valence electrons. The molecule has 3 rings (SSSR count). The van der Waals surface area contributed by atoms with Gasteiger partial charge in [-0.2, -0.15) is 4.98 Å². The molecule has 2 heterocycles. The van der Waals surface area contributed by atoms with E-state index in [0.717, 1.165) is 0 Å². The molecule has 9 heteroatoms. The smallest absolute Gasteiger partial charge is 0.253 e. The van der Waals surface area contributed by atoms with E-state index in [1.807, 2.05) is 0 Å². The zero-order valence-electron chi connectivity index (χ0n) is 14.4. The summed E-state index contributed by atoms with van der Waals surface area (Å²) in [5.41, 5.74) is 6.25. The van der Waals surface area contributed by atoms with Crippen molar-refractivity contribution in [1.82, 2.24) is 14.7 Å². The molecule has 0 bridgehead atoms. The fraction of sp³-hybridized carbons (Fsp3) is 0.222. The Kier molecular flexibility index (Phi) is 5.38. The van der Waals surface area contributed by atoms with Crippen molar-refractivity contribution in [3.05, 3.63) is 80.3 Å². The quantitative estimate of drug-likeness (QED) is 0.661. The topological polar surface area (TPSA) is 124 Å². The zero-order valence-corrected chi connectivity index (χ0v) is 15.2. The predicted octanol–water partition coefficient (Wildman–Crippen LogP) is 1.62. The van der Waals surface area contributed by atoms with Crippen LogP contribution in [0.5, 0.6) is 0 Å². The number of nitrogens with zero attached hydrogens (tertiary/aromatic N) is 3. The van der Waals surface area contributed by atoms with E-state index in [0.29, 0.717) is 22.0 Å². The van der Waals surface area contributed by atoms with Gasteiger partial charge in [-0.3, -0.25) is 9.59 Å². The number of aryl methyl sites for hydroxylation is 1. The van der Waals surface area contributed by atoms with Gasteiger partial charge in [-0.1, -0.05) is 28.9 Å². The number of hydrogen-bond donors (Lipinski definition) is 2. The second-order valence-corrected chi connectivity index (χ2v) is 6.52. The van der Waals surface area contributed by atoms with Crippen LogP contribution in [0.3, 0.4) is 0 Å². The number of hydrogen-bond acceptors (Lipinski definition) is 6. The molecule has 1 aromatic carbocycles. The van der Waals surface area contributed by atoms with Gasteiger partial charge >= 0.3 is 0 Å². The van der Waals surface area contributed by atoms with E-state index in [-0.39, 0.29) is 30.0 Å². The summed E-state index contributed by atoms with van der Waals surface area (Å²) in [5.74, 6) is -0.163. The van der Waals surface area contributed by atoms with E-state index in [9.17, 15) is 14.7 Å². The van der Waals surface area contributed by atoms with Crippen LogP contribution in [0.15, 0.2) is 45.8 Å². The Morgan fingerprint density at radius 2 is 2.07 bits per heavy atom. The molecule has 27 heavy (non-hydrogen) atoms. The number of aromatic nitrogens is 3. The Hall–Kier alpha value is -2.97. The Morgan fingerprint density at radius 3 is 2.74 bits per heavy atom. The van der Waals surface area contributed by atoms with Crippen molar-refractivity contribution in [3.63, 3.8) is 0 Å². The molecule has 0 radical (unpaired) electrons. The first-order valence-electron chi connectivity index (χ1n) is 8.09. The second-order valence-electron chi connectivity index (χ2n) is 6.08. The average molecular weight is 389 g/mol. The number of benzene rings is 1. The maximum absolute atomic E-state index is 12.2. The lowest BCUT2D eigenvalue weighted by atomic mass is 10.1. The summed E-state index contributed by atoms with van der Waals surface area (Å²) < 4.78 is 6.43. The summed E-state index contributed by atoms with van der Waals surface area (Å²) in [5, 5.41) is 14.7. The van der Waals surface area contributed by atoms with Gasteiger partial charge in [-0.25, -0.2) is 0 Å². The van der Waals surface area contributed by atoms with E-state index in [2.05, 4.69) is 10.1 Å². The van der Waals surface area contributed by atoms with Crippen molar-refractivity contribution in [1.29, 1.82) is 0 Å². The number of pyridine rings is 1. The molecule has 0 saturated heterocycles. The standard InChI is InChI=1S/C18H17ClN4O4/c1-10-6-12(17(20)25)8-23(18(10)26)9-16-21-15(22-27-16)7-14(24)11-2-4-13(19)5-3-11/h2-6,8,14,24H,7,9H2,1H3,(H2,20,25)/t14-/m0/s1. The summed E-state index contributed by atoms with van der Waals surface area (Å²) in [4.78, 5) is 27.8. The van der Waals surface area contributed by atoms with E-state index in [4.69, 9.17) is 21.9 Å². The minimum atomic E-state index is -0.823. The van der Waals surface area contributed by atoms with Crippen LogP contribution >= 0.6 is 11.6 Å². The van der Waals surface area contributed by atoms with Crippen LogP contribution in [0, 0.1) is 6.92 Å². The predicted molar refractivity (Wildman–Crippen MR) is 97.5 cm³/mol. The maximum Gasteiger partial charge on any atom is 0.253 e. The number of nitrogens with two attached hydrogens (primary N) is 1. The molecule has 0 spiro atoms. The van der Waals surface area contributed by atoms with Crippen molar-refractivity contribution >= 4 is 17.5 Å². The van der Waals surface area contributed by atoms with Crippen molar-refractivity contribution in [3.8, 4) is 0 Å². The van der Waals surface area contributed by atoms with Gasteiger partial charge < -0.3 is 19.9 Å². The minimum absolute atomic E-state index is 0.00909. The molecule has 3 aromatic rings. The lowest BCUT2D eigenvalue weighted by Gasteiger charge is -2.08. The summed E-state index contributed by atoms with van der Waals surface area (Å²) in [7, 11) is 0. The van der Waals surface area contributed by atoms with Crippen LogP contribution in [0.25, 0.3) is 0 Å². The van der Waals surface area contributed by atoms with Crippen molar-refractivity contribution < 1.29 is 14.4 Å². The molecule has 1 amide bonds. The van der Waals surface area contributed by atoms with Crippen LogP contribution in [0.1, 0.15) is 39.3 Å². The molecule has 0 aliphatic rings. The highest BCUT2D eigenvalue weighted by Crippen LogP contribution is 2.19. The van der Waals surface area contributed by atoms with Crippen LogP contribution in [-0.4, -0.2) is 25.7 Å². The number of primary amides is 1. The SMILES string of the molecule is Cc1cc(C(N)=O)cn(Cc2nc(C[C@H](O)c3ccc(Cl)cc3)no2)c1=O. The van der Waals surface area contributed by atoms with Crippen LogP contribution < -0.4 is 11.3 Å². The van der Waals surface area contributed by atoms with Gasteiger partial charge in [0.2, 0.25) is 11.8 Å². The normalized spacial score (nSPS) is 12.1. The molecular weight excluding hydrogens is 372 g/mol. The van der Waals surface area contributed by atoms with Gasteiger partial charge in [-0.05, 0) is 30.7 Å². The van der Waals surface area contributed by atoms with Gasteiger partial charge in [0, 0.05) is 23.2 Å². The molecule has 0 unspecified atom stereocenters. The molecule has 0 fully saturated rings. The van der Waals surface area contributed by atoms with Gasteiger partial charge in [0.1, 0.15) is 6.54 Å². The number of halogens is 1. The number of aliphatic hydroxyl groups excluding tert-OH is 1. The molecule has 8 nitrogen and oxygen atoms in total. The Balaban J connectivity index is 1.76. The van der Waals surface area contributed by atoms with Gasteiger partial charge in [0.05, 0.1) is 11.7 Å². The lowest BCUT2D eigenvalue weighted by molar-refractivity contribution is 0.0999.